The average Bonchev–Trinajstić information content (AvgIpc) is 3.44. The fourth-order valence-corrected chi connectivity index (χ4v) is 5.47. The van der Waals surface area contributed by atoms with Crippen molar-refractivity contribution >= 4 is 39.6 Å². The minimum atomic E-state index is -0.465. The number of ether oxygens (including phenoxy) is 4. The number of aryl methyl sites for hydroxylation is 1. The molecule has 0 aliphatic carbocycles. The number of aromatic nitrogens is 3. The predicted molar refractivity (Wildman–Crippen MR) is 178 cm³/mol. The van der Waals surface area contributed by atoms with Gasteiger partial charge in [0.05, 0.1) is 37.9 Å². The second-order valence-electron chi connectivity index (χ2n) is 10.8. The fourth-order valence-electron chi connectivity index (χ4n) is 5.47. The van der Waals surface area contributed by atoms with E-state index < -0.39 is 5.97 Å². The molecule has 12 nitrogen and oxygen atoms in total. The van der Waals surface area contributed by atoms with Gasteiger partial charge in [0.1, 0.15) is 11.3 Å². The highest BCUT2D eigenvalue weighted by Crippen LogP contribution is 2.30. The monoisotopic (exact) mass is 634 g/mol. The van der Waals surface area contributed by atoms with E-state index in [-0.39, 0.29) is 19.1 Å². The Morgan fingerprint density at radius 1 is 1.00 bits per heavy atom. The zero-order valence-electron chi connectivity index (χ0n) is 27.6. The molecule has 1 amide bonds. The van der Waals surface area contributed by atoms with Crippen LogP contribution in [0, 0.1) is 0 Å². The quantitative estimate of drug-likeness (QED) is 0.160. The lowest BCUT2D eigenvalue weighted by Gasteiger charge is -2.27. The molecule has 0 aliphatic heterocycles. The van der Waals surface area contributed by atoms with Crippen LogP contribution in [0.2, 0.25) is 0 Å². The summed E-state index contributed by atoms with van der Waals surface area (Å²) in [6.45, 7) is 9.74. The van der Waals surface area contributed by atoms with Crippen LogP contribution in [0.25, 0.3) is 21.9 Å². The number of hydrogen-bond donors (Lipinski definition) is 1. The first kappa shape index (κ1) is 34.5. The highest BCUT2D eigenvalue weighted by Gasteiger charge is 2.21. The lowest BCUT2D eigenvalue weighted by atomic mass is 10.1. The summed E-state index contributed by atoms with van der Waals surface area (Å²) in [5.41, 5.74) is 9.65. The maximum Gasteiger partial charge on any atom is 0.344 e. The molecule has 0 fully saturated rings. The van der Waals surface area contributed by atoms with Crippen molar-refractivity contribution in [3.8, 4) is 11.5 Å². The largest absolute Gasteiger partial charge is 0.493 e. The molecule has 0 saturated heterocycles. The minimum absolute atomic E-state index is 0.0301. The van der Waals surface area contributed by atoms with Gasteiger partial charge in [0.15, 0.2) is 23.9 Å². The molecule has 4 rings (SSSR count). The van der Waals surface area contributed by atoms with Crippen molar-refractivity contribution in [1.29, 1.82) is 0 Å². The molecule has 4 aromatic rings. The molecule has 248 valence electrons. The number of nitrogen functional groups attached to an aromatic ring is 1. The molecule has 2 aromatic heterocycles. The Bertz CT molecular complexity index is 1620. The van der Waals surface area contributed by atoms with Crippen molar-refractivity contribution in [2.75, 3.05) is 66.0 Å². The Morgan fingerprint density at radius 2 is 1.78 bits per heavy atom. The van der Waals surface area contributed by atoms with Gasteiger partial charge in [-0.3, -0.25) is 9.69 Å². The van der Waals surface area contributed by atoms with Crippen molar-refractivity contribution in [3.63, 3.8) is 0 Å². The molecule has 0 spiro atoms. The molecule has 0 aliphatic rings. The Morgan fingerprint density at radius 3 is 2.50 bits per heavy atom. The standard InChI is InChI=1S/C34H46N6O6/c1-6-38(7-2)22-30(41)39(21-24-14-15-27(44-5)28(20-24)46-23-31(42)45-8-3)17-11-18-40-29(16-19-43-4)37-32-33(40)25-12-9-10-13-26(25)36-34(32)35/h9-10,12-15,20H,6-8,11,16-19,21-23H2,1-5H3,(H2,35,36). The van der Waals surface area contributed by atoms with Gasteiger partial charge in [-0.05, 0) is 50.2 Å². The minimum Gasteiger partial charge on any atom is -0.493 e. The number of methoxy groups -OCH3 is 2. The molecule has 0 saturated carbocycles. The van der Waals surface area contributed by atoms with Crippen LogP contribution in [0.5, 0.6) is 11.5 Å². The van der Waals surface area contributed by atoms with Gasteiger partial charge in [-0.1, -0.05) is 38.1 Å². The van der Waals surface area contributed by atoms with E-state index in [4.69, 9.17) is 29.7 Å². The van der Waals surface area contributed by atoms with Gasteiger partial charge < -0.3 is 34.1 Å². The summed E-state index contributed by atoms with van der Waals surface area (Å²) < 4.78 is 23.8. The van der Waals surface area contributed by atoms with E-state index in [1.807, 2.05) is 55.1 Å². The lowest BCUT2D eigenvalue weighted by molar-refractivity contribution is -0.145. The zero-order valence-corrected chi connectivity index (χ0v) is 27.6. The first-order valence-electron chi connectivity index (χ1n) is 15.8. The Labute approximate surface area is 270 Å². The van der Waals surface area contributed by atoms with Crippen molar-refractivity contribution < 1.29 is 28.5 Å². The Balaban J connectivity index is 1.61. The van der Waals surface area contributed by atoms with Crippen LogP contribution in [-0.4, -0.2) is 96.4 Å². The van der Waals surface area contributed by atoms with E-state index >= 15 is 0 Å². The van der Waals surface area contributed by atoms with E-state index in [0.717, 1.165) is 40.9 Å². The molecule has 12 heteroatoms. The second kappa shape index (κ2) is 16.8. The van der Waals surface area contributed by atoms with Crippen LogP contribution in [-0.2, 0) is 38.6 Å². The number of amides is 1. The second-order valence-corrected chi connectivity index (χ2v) is 10.8. The van der Waals surface area contributed by atoms with Gasteiger partial charge in [-0.2, -0.15) is 0 Å². The average molecular weight is 635 g/mol. The molecule has 0 radical (unpaired) electrons. The van der Waals surface area contributed by atoms with E-state index in [0.29, 0.717) is 68.5 Å². The van der Waals surface area contributed by atoms with E-state index in [2.05, 4.69) is 14.5 Å². The number of anilines is 1. The van der Waals surface area contributed by atoms with Crippen molar-refractivity contribution in [2.24, 2.45) is 0 Å². The van der Waals surface area contributed by atoms with Gasteiger partial charge in [0.25, 0.3) is 0 Å². The summed E-state index contributed by atoms with van der Waals surface area (Å²) in [6.07, 6.45) is 1.29. The van der Waals surface area contributed by atoms with E-state index in [9.17, 15) is 9.59 Å². The van der Waals surface area contributed by atoms with Crippen molar-refractivity contribution in [3.05, 3.63) is 53.9 Å². The number of likely N-dealkylation sites (N-methyl/N-ethyl adjacent to an activating group) is 1. The lowest BCUT2D eigenvalue weighted by Crippen LogP contribution is -2.40. The maximum atomic E-state index is 13.7. The van der Waals surface area contributed by atoms with Gasteiger partial charge >= 0.3 is 5.97 Å². The Kier molecular flexibility index (Phi) is 12.6. The number of rotatable bonds is 18. The van der Waals surface area contributed by atoms with E-state index in [1.165, 1.54) is 0 Å². The molecular formula is C34H46N6O6. The van der Waals surface area contributed by atoms with Crippen molar-refractivity contribution in [1.82, 2.24) is 24.3 Å². The molecular weight excluding hydrogens is 588 g/mol. The zero-order chi connectivity index (χ0) is 33.1. The summed E-state index contributed by atoms with van der Waals surface area (Å²) in [7, 11) is 3.21. The van der Waals surface area contributed by atoms with Crippen LogP contribution in [0.4, 0.5) is 5.82 Å². The number of hydrogen-bond acceptors (Lipinski definition) is 10. The predicted octanol–water partition coefficient (Wildman–Crippen LogP) is 4.07. The van der Waals surface area contributed by atoms with Crippen molar-refractivity contribution in [2.45, 2.75) is 46.7 Å². The third kappa shape index (κ3) is 8.43. The summed E-state index contributed by atoms with van der Waals surface area (Å²) >= 11 is 0. The number of benzene rings is 2. The van der Waals surface area contributed by atoms with Crippen LogP contribution in [0.1, 0.15) is 38.6 Å². The maximum absolute atomic E-state index is 13.7. The normalized spacial score (nSPS) is 11.3. The third-order valence-corrected chi connectivity index (χ3v) is 7.89. The molecule has 0 atom stereocenters. The number of carbonyl (C=O) groups is 2. The van der Waals surface area contributed by atoms with Gasteiger partial charge in [0, 0.05) is 38.6 Å². The van der Waals surface area contributed by atoms with Gasteiger partial charge in [0.2, 0.25) is 5.91 Å². The molecule has 2 N–H and O–H groups in total. The Hall–Kier alpha value is -4.42. The fraction of sp³-hybridized carbons (Fsp3) is 0.471. The number of fused-ring (bicyclic) bond motifs is 3. The first-order valence-corrected chi connectivity index (χ1v) is 15.8. The van der Waals surface area contributed by atoms with E-state index in [1.54, 1.807) is 27.2 Å². The molecule has 2 heterocycles. The topological polar surface area (TPSA) is 134 Å². The van der Waals surface area contributed by atoms with Crippen LogP contribution < -0.4 is 15.2 Å². The SMILES string of the molecule is CCOC(=O)COc1cc(CN(CCCn2c(CCOC)nc3c(N)nc4ccccc4c32)C(=O)CN(CC)CC)ccc1OC. The number of nitrogens with zero attached hydrogens (tertiary/aromatic N) is 5. The smallest absolute Gasteiger partial charge is 0.344 e. The number of para-hydroxylation sites is 1. The summed E-state index contributed by atoms with van der Waals surface area (Å²) in [4.78, 5) is 39.1. The number of nitrogens with two attached hydrogens (primary N) is 1. The highest BCUT2D eigenvalue weighted by molar-refractivity contribution is 6.06. The first-order chi connectivity index (χ1) is 22.3. The third-order valence-electron chi connectivity index (χ3n) is 7.89. The van der Waals surface area contributed by atoms with Gasteiger partial charge in [-0.25, -0.2) is 14.8 Å². The summed E-state index contributed by atoms with van der Waals surface area (Å²) in [6, 6.07) is 13.4. The number of imidazole rings is 1. The van der Waals surface area contributed by atoms with Crippen LogP contribution in [0.3, 0.4) is 0 Å². The van der Waals surface area contributed by atoms with Gasteiger partial charge in [-0.15, -0.1) is 0 Å². The van der Waals surface area contributed by atoms with Crippen LogP contribution >= 0.6 is 0 Å². The summed E-state index contributed by atoms with van der Waals surface area (Å²) in [5, 5.41) is 0.978. The molecule has 2 aromatic carbocycles. The molecule has 46 heavy (non-hydrogen) atoms. The molecule has 0 unspecified atom stereocenters. The summed E-state index contributed by atoms with van der Waals surface area (Å²) in [5.74, 6) is 1.72. The molecule has 0 bridgehead atoms. The van der Waals surface area contributed by atoms with Crippen LogP contribution in [0.15, 0.2) is 42.5 Å². The highest BCUT2D eigenvalue weighted by atomic mass is 16.6. The number of carbonyl (C=O) groups excluding carboxylic acids is 2. The number of pyridine rings is 1. The number of esters is 1.